The molecule has 6 rings (SSSR count). The van der Waals surface area contributed by atoms with Crippen molar-refractivity contribution in [1.29, 1.82) is 0 Å². The lowest BCUT2D eigenvalue weighted by Gasteiger charge is -2.46. The lowest BCUT2D eigenvalue weighted by atomic mass is 9.80. The van der Waals surface area contributed by atoms with E-state index in [0.717, 1.165) is 83.2 Å². The molecule has 8 nitrogen and oxygen atoms in total. The predicted molar refractivity (Wildman–Crippen MR) is 169 cm³/mol. The van der Waals surface area contributed by atoms with Gasteiger partial charge in [-0.2, -0.15) is 0 Å². The largest absolute Gasteiger partial charge is 0.440 e. The molecule has 1 atom stereocenters. The van der Waals surface area contributed by atoms with Crippen molar-refractivity contribution >= 4 is 24.4 Å². The van der Waals surface area contributed by atoms with Gasteiger partial charge >= 0.3 is 6.09 Å². The number of piperidine rings is 2. The van der Waals surface area contributed by atoms with E-state index in [1.54, 1.807) is 0 Å². The number of carbonyl (C=O) groups is 2. The zero-order valence-corrected chi connectivity index (χ0v) is 26.8. The van der Waals surface area contributed by atoms with Crippen LogP contribution in [0.3, 0.4) is 0 Å². The van der Waals surface area contributed by atoms with Gasteiger partial charge in [0.1, 0.15) is 22.6 Å². The molecule has 1 aromatic carbocycles. The summed E-state index contributed by atoms with van der Waals surface area (Å²) in [5, 5.41) is 4.22. The molecule has 0 bridgehead atoms. The van der Waals surface area contributed by atoms with Crippen LogP contribution in [0.4, 0.5) is 4.79 Å². The van der Waals surface area contributed by atoms with Gasteiger partial charge in [0.15, 0.2) is 0 Å². The molecule has 1 unspecified atom stereocenters. The first-order valence-electron chi connectivity index (χ1n) is 16.5. The van der Waals surface area contributed by atoms with Crippen LogP contribution >= 0.6 is 12.4 Å². The third-order valence-electron chi connectivity index (χ3n) is 10.6. The van der Waals surface area contributed by atoms with Crippen LogP contribution in [-0.2, 0) is 4.74 Å². The molecular weight excluding hydrogens is 564 g/mol. The minimum Gasteiger partial charge on any atom is -0.440 e. The summed E-state index contributed by atoms with van der Waals surface area (Å²) in [7, 11) is 0. The molecule has 0 radical (unpaired) electrons. The van der Waals surface area contributed by atoms with Crippen LogP contribution in [0.2, 0.25) is 0 Å². The average molecular weight is 613 g/mol. The van der Waals surface area contributed by atoms with Gasteiger partial charge in [-0.3, -0.25) is 9.69 Å². The average Bonchev–Trinajstić information content (AvgIpc) is 3.53. The summed E-state index contributed by atoms with van der Waals surface area (Å²) in [5.74, 6) is 1.21. The van der Waals surface area contributed by atoms with E-state index in [1.807, 2.05) is 42.2 Å². The van der Waals surface area contributed by atoms with Crippen LogP contribution < -0.4 is 0 Å². The molecule has 2 amide bonds. The molecule has 4 aliphatic rings. The second-order valence-electron chi connectivity index (χ2n) is 13.1. The SMILES string of the molecule is CCCCC1N(CC2CCCCC2)C(=O)OC12CCN(C1CCN(C(=O)c3c(-c4ccccc4)noc3C)CC1)CC2.Cl. The van der Waals surface area contributed by atoms with Gasteiger partial charge in [-0.15, -0.1) is 12.4 Å². The highest BCUT2D eigenvalue weighted by molar-refractivity contribution is 6.00. The summed E-state index contributed by atoms with van der Waals surface area (Å²) in [6, 6.07) is 10.5. The normalized spacial score (nSPS) is 23.4. The number of nitrogens with zero attached hydrogens (tertiary/aromatic N) is 4. The van der Waals surface area contributed by atoms with E-state index >= 15 is 0 Å². The van der Waals surface area contributed by atoms with Gasteiger partial charge in [0.2, 0.25) is 0 Å². The summed E-state index contributed by atoms with van der Waals surface area (Å²) in [6.45, 7) is 8.30. The highest BCUT2D eigenvalue weighted by Gasteiger charge is 2.55. The first-order chi connectivity index (χ1) is 20.5. The molecule has 4 heterocycles. The van der Waals surface area contributed by atoms with Gasteiger partial charge in [-0.05, 0) is 44.9 Å². The second-order valence-corrected chi connectivity index (χ2v) is 13.1. The van der Waals surface area contributed by atoms with E-state index in [9.17, 15) is 9.59 Å². The number of likely N-dealkylation sites (tertiary alicyclic amines) is 2. The molecule has 1 aromatic heterocycles. The minimum absolute atomic E-state index is 0. The van der Waals surface area contributed by atoms with Crippen molar-refractivity contribution < 1.29 is 18.8 Å². The summed E-state index contributed by atoms with van der Waals surface area (Å²) in [5.41, 5.74) is 1.77. The smallest absolute Gasteiger partial charge is 0.410 e. The Morgan fingerprint density at radius 2 is 1.70 bits per heavy atom. The zero-order chi connectivity index (χ0) is 29.1. The Hall–Kier alpha value is -2.58. The summed E-state index contributed by atoms with van der Waals surface area (Å²) in [6.07, 6.45) is 13.4. The van der Waals surface area contributed by atoms with Gasteiger partial charge < -0.3 is 19.1 Å². The van der Waals surface area contributed by atoms with E-state index in [0.29, 0.717) is 29.0 Å². The molecule has 1 spiro atoms. The molecule has 3 aliphatic heterocycles. The Balaban J connectivity index is 0.00000368. The molecule has 236 valence electrons. The van der Waals surface area contributed by atoms with Crippen molar-refractivity contribution in [3.05, 3.63) is 41.7 Å². The fraction of sp³-hybridized carbons (Fsp3) is 0.676. The van der Waals surface area contributed by atoms with Gasteiger partial charge in [0.25, 0.3) is 5.91 Å². The standard InChI is InChI=1S/C34H48N4O4.ClH/c1-3-4-15-29-34(41-33(40)38(29)24-26-11-7-5-8-12-26)18-22-36(23-19-34)28-16-20-37(21-17-28)32(39)30-25(2)42-35-31(30)27-13-9-6-10-14-27;/h6,9-10,13-14,26,28-29H,3-5,7-8,11-12,15-24H2,1-2H3;1H. The van der Waals surface area contributed by atoms with Crippen LogP contribution in [0.15, 0.2) is 34.9 Å². The summed E-state index contributed by atoms with van der Waals surface area (Å²) in [4.78, 5) is 33.6. The van der Waals surface area contributed by atoms with E-state index in [-0.39, 0.29) is 36.1 Å². The number of rotatable bonds is 8. The molecule has 1 saturated carbocycles. The van der Waals surface area contributed by atoms with Gasteiger partial charge in [-0.25, -0.2) is 4.79 Å². The predicted octanol–water partition coefficient (Wildman–Crippen LogP) is 7.10. The van der Waals surface area contributed by atoms with E-state index in [1.165, 1.54) is 32.1 Å². The maximum absolute atomic E-state index is 13.6. The fourth-order valence-corrected chi connectivity index (χ4v) is 8.09. The number of aromatic nitrogens is 1. The minimum atomic E-state index is -0.340. The van der Waals surface area contributed by atoms with Crippen molar-refractivity contribution in [2.24, 2.45) is 5.92 Å². The highest BCUT2D eigenvalue weighted by Crippen LogP contribution is 2.43. The number of unbranched alkanes of at least 4 members (excludes halogenated alkanes) is 1. The number of ether oxygens (including phenoxy) is 1. The van der Waals surface area contributed by atoms with Gasteiger partial charge in [0.05, 0.1) is 6.04 Å². The Morgan fingerprint density at radius 1 is 1.00 bits per heavy atom. The van der Waals surface area contributed by atoms with E-state index < -0.39 is 0 Å². The molecule has 1 aliphatic carbocycles. The third-order valence-corrected chi connectivity index (χ3v) is 10.6. The maximum Gasteiger partial charge on any atom is 0.410 e. The Kier molecular flexibility index (Phi) is 10.4. The first kappa shape index (κ1) is 31.8. The molecule has 0 N–H and O–H groups in total. The molecule has 3 saturated heterocycles. The summed E-state index contributed by atoms with van der Waals surface area (Å²) < 4.78 is 11.8. The molecule has 43 heavy (non-hydrogen) atoms. The quantitative estimate of drug-likeness (QED) is 0.316. The Morgan fingerprint density at radius 3 is 2.37 bits per heavy atom. The number of carbonyl (C=O) groups excluding carboxylic acids is 2. The van der Waals surface area contributed by atoms with E-state index in [2.05, 4.69) is 21.9 Å². The maximum atomic E-state index is 13.6. The topological polar surface area (TPSA) is 79.1 Å². The first-order valence-corrected chi connectivity index (χ1v) is 16.5. The molecule has 2 aromatic rings. The van der Waals surface area contributed by atoms with Crippen LogP contribution in [0, 0.1) is 12.8 Å². The van der Waals surface area contributed by atoms with Crippen molar-refractivity contribution in [2.45, 2.75) is 109 Å². The Bertz CT molecular complexity index is 1210. The molecular formula is C34H49ClN4O4. The van der Waals surface area contributed by atoms with Crippen molar-refractivity contribution in [2.75, 3.05) is 32.7 Å². The van der Waals surface area contributed by atoms with Crippen molar-refractivity contribution in [1.82, 2.24) is 19.9 Å². The van der Waals surface area contributed by atoms with Gasteiger partial charge in [-0.1, -0.05) is 74.5 Å². The lowest BCUT2D eigenvalue weighted by Crippen LogP contribution is -2.56. The number of benzene rings is 1. The number of hydrogen-bond acceptors (Lipinski definition) is 6. The summed E-state index contributed by atoms with van der Waals surface area (Å²) >= 11 is 0. The highest BCUT2D eigenvalue weighted by atomic mass is 35.5. The molecule has 9 heteroatoms. The Labute approximate surface area is 262 Å². The fourth-order valence-electron chi connectivity index (χ4n) is 8.09. The number of amides is 2. The van der Waals surface area contributed by atoms with Gasteiger partial charge in [0, 0.05) is 57.2 Å². The lowest BCUT2D eigenvalue weighted by molar-refractivity contribution is -0.0385. The van der Waals surface area contributed by atoms with Crippen LogP contribution in [-0.4, -0.2) is 82.3 Å². The van der Waals surface area contributed by atoms with Crippen molar-refractivity contribution in [3.63, 3.8) is 0 Å². The number of hydrogen-bond donors (Lipinski definition) is 0. The second kappa shape index (κ2) is 14.0. The number of aryl methyl sites for hydroxylation is 1. The van der Waals surface area contributed by atoms with Crippen molar-refractivity contribution in [3.8, 4) is 11.3 Å². The molecule has 4 fully saturated rings. The van der Waals surface area contributed by atoms with Crippen LogP contribution in [0.5, 0.6) is 0 Å². The number of halogens is 1. The zero-order valence-electron chi connectivity index (χ0n) is 26.0. The monoisotopic (exact) mass is 612 g/mol. The van der Waals surface area contributed by atoms with Crippen LogP contribution in [0.25, 0.3) is 11.3 Å². The van der Waals surface area contributed by atoms with Crippen LogP contribution in [0.1, 0.15) is 100 Å². The van der Waals surface area contributed by atoms with E-state index in [4.69, 9.17) is 9.26 Å². The third kappa shape index (κ3) is 6.60.